The lowest BCUT2D eigenvalue weighted by Crippen LogP contribution is -2.38. The van der Waals surface area contributed by atoms with Crippen LogP contribution >= 0.6 is 11.3 Å². The second kappa shape index (κ2) is 6.13. The first-order valence-corrected chi connectivity index (χ1v) is 8.48. The van der Waals surface area contributed by atoms with Crippen molar-refractivity contribution in [2.45, 2.75) is 19.1 Å². The molecule has 1 saturated heterocycles. The molecular weight excluding hydrogens is 314 g/mol. The minimum atomic E-state index is -0.0508. The predicted octanol–water partition coefficient (Wildman–Crippen LogP) is 1.52. The molecule has 0 spiro atoms. The number of hydrogen-bond acceptors (Lipinski definition) is 5. The molecule has 0 bridgehead atoms. The molecule has 4 heterocycles. The fraction of sp³-hybridized carbons (Fsp3) is 0.400. The Balaban J connectivity index is 1.49. The van der Waals surface area contributed by atoms with Crippen LogP contribution in [-0.4, -0.2) is 55.8 Å². The van der Waals surface area contributed by atoms with Crippen LogP contribution in [0.5, 0.6) is 0 Å². The summed E-state index contributed by atoms with van der Waals surface area (Å²) in [7, 11) is 0. The van der Waals surface area contributed by atoms with Gasteiger partial charge in [0.2, 0.25) is 0 Å². The van der Waals surface area contributed by atoms with E-state index in [0.29, 0.717) is 31.9 Å². The SMILES string of the molecule is O=C(c1cn2ccsc2n1)N1CCCOC(Cn2cccn2)C1. The third-order valence-electron chi connectivity index (χ3n) is 3.90. The van der Waals surface area contributed by atoms with E-state index >= 15 is 0 Å². The number of thiazole rings is 1. The van der Waals surface area contributed by atoms with Crippen molar-refractivity contribution in [3.8, 4) is 0 Å². The fourth-order valence-corrected chi connectivity index (χ4v) is 3.50. The number of imidazole rings is 1. The zero-order chi connectivity index (χ0) is 15.6. The highest BCUT2D eigenvalue weighted by Crippen LogP contribution is 2.15. The van der Waals surface area contributed by atoms with E-state index in [1.165, 1.54) is 11.3 Å². The summed E-state index contributed by atoms with van der Waals surface area (Å²) in [6.07, 6.45) is 8.15. The van der Waals surface area contributed by atoms with Crippen molar-refractivity contribution in [2.75, 3.05) is 19.7 Å². The number of amides is 1. The number of carbonyl (C=O) groups excluding carboxylic acids is 1. The van der Waals surface area contributed by atoms with Crippen molar-refractivity contribution in [3.05, 3.63) is 41.9 Å². The molecule has 120 valence electrons. The molecule has 3 aromatic rings. The molecule has 0 radical (unpaired) electrons. The summed E-state index contributed by atoms with van der Waals surface area (Å²) in [5.74, 6) is -0.0307. The molecule has 1 aliphatic heterocycles. The lowest BCUT2D eigenvalue weighted by atomic mass is 10.3. The van der Waals surface area contributed by atoms with Crippen molar-refractivity contribution in [3.63, 3.8) is 0 Å². The third-order valence-corrected chi connectivity index (χ3v) is 4.67. The number of ether oxygens (including phenoxy) is 1. The minimum absolute atomic E-state index is 0.0307. The molecular formula is C15H17N5O2S. The van der Waals surface area contributed by atoms with Crippen LogP contribution in [0.2, 0.25) is 0 Å². The molecule has 3 aromatic heterocycles. The zero-order valence-electron chi connectivity index (χ0n) is 12.5. The van der Waals surface area contributed by atoms with Gasteiger partial charge in [0.05, 0.1) is 12.6 Å². The molecule has 1 aliphatic rings. The third kappa shape index (κ3) is 2.99. The quantitative estimate of drug-likeness (QED) is 0.730. The first-order chi connectivity index (χ1) is 11.3. The largest absolute Gasteiger partial charge is 0.374 e. The summed E-state index contributed by atoms with van der Waals surface area (Å²) in [6, 6.07) is 1.89. The van der Waals surface area contributed by atoms with Crippen LogP contribution in [0.25, 0.3) is 4.96 Å². The van der Waals surface area contributed by atoms with E-state index in [-0.39, 0.29) is 12.0 Å². The van der Waals surface area contributed by atoms with Gasteiger partial charge in [-0.3, -0.25) is 13.9 Å². The molecule has 0 aliphatic carbocycles. The number of fused-ring (bicyclic) bond motifs is 1. The average Bonchev–Trinajstić information content (AvgIpc) is 3.22. The standard InChI is InChI=1S/C15H17N5O2S/c21-14(13-11-19-6-8-23-15(19)17-13)18-4-2-7-22-12(9-18)10-20-5-1-3-16-20/h1,3,5-6,8,11-12H,2,4,7,9-10H2. The number of hydrogen-bond donors (Lipinski definition) is 0. The van der Waals surface area contributed by atoms with Crippen molar-refractivity contribution >= 4 is 22.2 Å². The van der Waals surface area contributed by atoms with Gasteiger partial charge in [0.1, 0.15) is 5.69 Å². The smallest absolute Gasteiger partial charge is 0.274 e. The molecule has 1 fully saturated rings. The lowest BCUT2D eigenvalue weighted by Gasteiger charge is -2.23. The Kier molecular flexibility index (Phi) is 3.84. The minimum Gasteiger partial charge on any atom is -0.374 e. The van der Waals surface area contributed by atoms with Gasteiger partial charge in [0.15, 0.2) is 4.96 Å². The van der Waals surface area contributed by atoms with E-state index in [1.54, 1.807) is 12.4 Å². The van der Waals surface area contributed by atoms with Gasteiger partial charge in [0.25, 0.3) is 5.91 Å². The lowest BCUT2D eigenvalue weighted by molar-refractivity contribution is 0.0366. The zero-order valence-corrected chi connectivity index (χ0v) is 13.4. The van der Waals surface area contributed by atoms with Crippen LogP contribution in [0.4, 0.5) is 0 Å². The molecule has 0 N–H and O–H groups in total. The summed E-state index contributed by atoms with van der Waals surface area (Å²) in [6.45, 7) is 2.56. The van der Waals surface area contributed by atoms with Gasteiger partial charge in [0, 0.05) is 49.9 Å². The van der Waals surface area contributed by atoms with Gasteiger partial charge >= 0.3 is 0 Å². The Morgan fingerprint density at radius 2 is 2.39 bits per heavy atom. The molecule has 0 aromatic carbocycles. The molecule has 23 heavy (non-hydrogen) atoms. The maximum Gasteiger partial charge on any atom is 0.274 e. The van der Waals surface area contributed by atoms with E-state index in [4.69, 9.17) is 4.74 Å². The number of rotatable bonds is 3. The molecule has 4 rings (SSSR count). The van der Waals surface area contributed by atoms with Gasteiger partial charge in [-0.25, -0.2) is 4.98 Å². The van der Waals surface area contributed by atoms with E-state index in [2.05, 4.69) is 10.1 Å². The fourth-order valence-electron chi connectivity index (χ4n) is 2.80. The van der Waals surface area contributed by atoms with Crippen molar-refractivity contribution in [1.29, 1.82) is 0 Å². The summed E-state index contributed by atoms with van der Waals surface area (Å²) in [5, 5.41) is 6.16. The number of nitrogens with zero attached hydrogens (tertiary/aromatic N) is 5. The van der Waals surface area contributed by atoms with E-state index in [9.17, 15) is 4.79 Å². The Hall–Kier alpha value is -2.19. The number of aromatic nitrogens is 4. The summed E-state index contributed by atoms with van der Waals surface area (Å²) in [4.78, 5) is 19.8. The van der Waals surface area contributed by atoms with Crippen LogP contribution in [0.3, 0.4) is 0 Å². The first kappa shape index (κ1) is 14.4. The molecule has 1 unspecified atom stereocenters. The normalized spacial score (nSPS) is 19.1. The van der Waals surface area contributed by atoms with Gasteiger partial charge in [-0.15, -0.1) is 11.3 Å². The van der Waals surface area contributed by atoms with Crippen LogP contribution in [0, 0.1) is 0 Å². The summed E-state index contributed by atoms with van der Waals surface area (Å²) < 4.78 is 9.58. The highest BCUT2D eigenvalue weighted by molar-refractivity contribution is 7.15. The molecule has 1 atom stereocenters. The van der Waals surface area contributed by atoms with Crippen LogP contribution in [0.1, 0.15) is 16.9 Å². The summed E-state index contributed by atoms with van der Waals surface area (Å²) in [5.41, 5.74) is 0.497. The second-order valence-electron chi connectivity index (χ2n) is 5.54. The van der Waals surface area contributed by atoms with Crippen LogP contribution < -0.4 is 0 Å². The van der Waals surface area contributed by atoms with Gasteiger partial charge in [-0.05, 0) is 12.5 Å². The molecule has 7 nitrogen and oxygen atoms in total. The Morgan fingerprint density at radius 1 is 1.43 bits per heavy atom. The van der Waals surface area contributed by atoms with Gasteiger partial charge in [-0.2, -0.15) is 5.10 Å². The second-order valence-corrected chi connectivity index (χ2v) is 6.42. The summed E-state index contributed by atoms with van der Waals surface area (Å²) >= 11 is 1.52. The first-order valence-electron chi connectivity index (χ1n) is 7.60. The molecule has 0 saturated carbocycles. The monoisotopic (exact) mass is 331 g/mol. The van der Waals surface area contributed by atoms with Crippen molar-refractivity contribution in [1.82, 2.24) is 24.1 Å². The average molecular weight is 331 g/mol. The van der Waals surface area contributed by atoms with Crippen molar-refractivity contribution in [2.24, 2.45) is 0 Å². The van der Waals surface area contributed by atoms with Crippen LogP contribution in [0.15, 0.2) is 36.2 Å². The maximum atomic E-state index is 12.7. The van der Waals surface area contributed by atoms with Gasteiger partial charge < -0.3 is 9.64 Å². The van der Waals surface area contributed by atoms with Crippen LogP contribution in [-0.2, 0) is 11.3 Å². The Labute approximate surface area is 137 Å². The number of carbonyl (C=O) groups is 1. The van der Waals surface area contributed by atoms with Gasteiger partial charge in [-0.1, -0.05) is 0 Å². The Bertz CT molecular complexity index is 765. The van der Waals surface area contributed by atoms with E-state index in [0.717, 1.165) is 11.4 Å². The topological polar surface area (TPSA) is 64.7 Å². The van der Waals surface area contributed by atoms with Crippen molar-refractivity contribution < 1.29 is 9.53 Å². The van der Waals surface area contributed by atoms with E-state index < -0.39 is 0 Å². The highest BCUT2D eigenvalue weighted by atomic mass is 32.1. The molecule has 1 amide bonds. The van der Waals surface area contributed by atoms with E-state index in [1.807, 2.05) is 37.8 Å². The Morgan fingerprint density at radius 3 is 3.22 bits per heavy atom. The molecule has 8 heteroatoms. The maximum absolute atomic E-state index is 12.7. The highest BCUT2D eigenvalue weighted by Gasteiger charge is 2.25. The predicted molar refractivity (Wildman–Crippen MR) is 85.6 cm³/mol.